The van der Waals surface area contributed by atoms with Gasteiger partial charge in [-0.05, 0) is 66.6 Å². The molecule has 3 aromatic carbocycles. The lowest BCUT2D eigenvalue weighted by atomic mass is 10.1. The average molecular weight is 549 g/mol. The number of nitro groups is 2. The number of amides is 3. The van der Waals surface area contributed by atoms with Crippen molar-refractivity contribution >= 4 is 52.0 Å². The molecule has 3 aromatic rings. The molecule has 0 aromatic heterocycles. The molecule has 1 fully saturated rings. The molecule has 0 atom stereocenters. The summed E-state index contributed by atoms with van der Waals surface area (Å²) in [6.07, 6.45) is 1.44. The summed E-state index contributed by atoms with van der Waals surface area (Å²) in [6, 6.07) is 14.7. The van der Waals surface area contributed by atoms with Crippen LogP contribution in [-0.2, 0) is 9.59 Å². The molecule has 1 aliphatic rings. The van der Waals surface area contributed by atoms with Crippen LogP contribution in [0.1, 0.15) is 16.7 Å². The number of ether oxygens (including phenoxy) is 1. The first-order valence-corrected chi connectivity index (χ1v) is 12.2. The highest BCUT2D eigenvalue weighted by Crippen LogP contribution is 2.36. The minimum Gasteiger partial charge on any atom is -0.450 e. The van der Waals surface area contributed by atoms with Crippen LogP contribution in [0.3, 0.4) is 0 Å². The van der Waals surface area contributed by atoms with E-state index in [1.165, 1.54) is 18.2 Å². The Bertz CT molecular complexity index is 1550. The molecule has 39 heavy (non-hydrogen) atoms. The summed E-state index contributed by atoms with van der Waals surface area (Å²) in [5.41, 5.74) is 1.71. The first-order valence-electron chi connectivity index (χ1n) is 11.4. The molecule has 1 N–H and O–H groups in total. The number of benzene rings is 3. The normalized spacial score (nSPS) is 14.0. The van der Waals surface area contributed by atoms with Crippen molar-refractivity contribution in [3.63, 3.8) is 0 Å². The Morgan fingerprint density at radius 2 is 1.69 bits per heavy atom. The average Bonchev–Trinajstić information content (AvgIpc) is 3.13. The molecule has 0 saturated carbocycles. The number of nitrogens with zero attached hydrogens (tertiary/aromatic N) is 3. The molecule has 0 unspecified atom stereocenters. The summed E-state index contributed by atoms with van der Waals surface area (Å²) in [5.74, 6) is -1.21. The third kappa shape index (κ3) is 6.10. The van der Waals surface area contributed by atoms with Gasteiger partial charge in [-0.15, -0.1) is 0 Å². The van der Waals surface area contributed by atoms with Crippen LogP contribution in [0.25, 0.3) is 6.08 Å². The predicted octanol–water partition coefficient (Wildman–Crippen LogP) is 5.59. The highest BCUT2D eigenvalue weighted by Gasteiger charge is 2.36. The lowest BCUT2D eigenvalue weighted by molar-refractivity contribution is -0.394. The van der Waals surface area contributed by atoms with Crippen LogP contribution in [0, 0.1) is 34.1 Å². The molecule has 3 amide bonds. The number of nitro benzene ring substituents is 2. The number of nitrogens with one attached hydrogen (secondary N) is 1. The summed E-state index contributed by atoms with van der Waals surface area (Å²) in [7, 11) is 0. The van der Waals surface area contributed by atoms with Gasteiger partial charge >= 0.3 is 5.69 Å². The highest BCUT2D eigenvalue weighted by molar-refractivity contribution is 8.18. The van der Waals surface area contributed by atoms with Crippen molar-refractivity contribution in [3.05, 3.63) is 102 Å². The van der Waals surface area contributed by atoms with E-state index in [4.69, 9.17) is 4.74 Å². The summed E-state index contributed by atoms with van der Waals surface area (Å²) in [4.78, 5) is 59.7. The molecule has 1 aliphatic heterocycles. The van der Waals surface area contributed by atoms with Gasteiger partial charge in [-0.2, -0.15) is 0 Å². The molecule has 4 rings (SSSR count). The quantitative estimate of drug-likeness (QED) is 0.215. The van der Waals surface area contributed by atoms with Gasteiger partial charge in [0.1, 0.15) is 12.3 Å². The SMILES string of the molecule is Cc1cccc(C)c1NC(=O)CN1C(=O)S/C(=C/c2cccc(Oc3ccc([N+](=O)[O-])cc3[N+](=O)[O-])c2)C1=O. The Kier molecular flexibility index (Phi) is 7.72. The highest BCUT2D eigenvalue weighted by atomic mass is 32.2. The van der Waals surface area contributed by atoms with Crippen LogP contribution in [0.2, 0.25) is 0 Å². The zero-order chi connectivity index (χ0) is 28.3. The number of thioether (sulfide) groups is 1. The number of para-hydroxylation sites is 1. The Morgan fingerprint density at radius 3 is 2.36 bits per heavy atom. The monoisotopic (exact) mass is 548 g/mol. The van der Waals surface area contributed by atoms with Crippen molar-refractivity contribution in [3.8, 4) is 11.5 Å². The number of hydrogen-bond acceptors (Lipinski definition) is 9. The van der Waals surface area contributed by atoms with Crippen LogP contribution >= 0.6 is 11.8 Å². The molecule has 198 valence electrons. The number of anilines is 1. The van der Waals surface area contributed by atoms with Crippen molar-refractivity contribution in [1.82, 2.24) is 4.90 Å². The molecule has 0 bridgehead atoms. The van der Waals surface area contributed by atoms with E-state index in [1.807, 2.05) is 32.0 Å². The van der Waals surface area contributed by atoms with Crippen molar-refractivity contribution in [2.75, 3.05) is 11.9 Å². The molecule has 0 radical (unpaired) electrons. The largest absolute Gasteiger partial charge is 0.450 e. The number of aryl methyl sites for hydroxylation is 2. The third-order valence-corrected chi connectivity index (χ3v) is 6.56. The van der Waals surface area contributed by atoms with Crippen molar-refractivity contribution in [2.45, 2.75) is 13.8 Å². The molecular formula is C26H20N4O8S. The molecule has 0 spiro atoms. The maximum absolute atomic E-state index is 12.9. The summed E-state index contributed by atoms with van der Waals surface area (Å²) in [6.45, 7) is 3.22. The number of rotatable bonds is 8. The predicted molar refractivity (Wildman–Crippen MR) is 143 cm³/mol. The Morgan fingerprint density at radius 1 is 1.00 bits per heavy atom. The van der Waals surface area contributed by atoms with Crippen LogP contribution < -0.4 is 10.1 Å². The van der Waals surface area contributed by atoms with E-state index in [1.54, 1.807) is 12.1 Å². The standard InChI is InChI=1S/C26H20N4O8S/c1-15-5-3-6-16(2)24(15)27-23(31)14-28-25(32)22(39-26(28)33)12-17-7-4-8-19(11-17)38-21-10-9-18(29(34)35)13-20(21)30(36)37/h3-13H,14H2,1-2H3,(H,27,31)/b22-12+. The molecule has 0 aliphatic carbocycles. The van der Waals surface area contributed by atoms with Gasteiger partial charge in [0, 0.05) is 11.8 Å². The molecule has 13 heteroatoms. The second-order valence-electron chi connectivity index (χ2n) is 8.42. The van der Waals surface area contributed by atoms with Crippen LogP contribution in [-0.4, -0.2) is 38.3 Å². The van der Waals surface area contributed by atoms with Crippen LogP contribution in [0.5, 0.6) is 11.5 Å². The minimum atomic E-state index is -0.793. The lowest BCUT2D eigenvalue weighted by Crippen LogP contribution is -2.36. The molecule has 12 nitrogen and oxygen atoms in total. The maximum atomic E-state index is 12.9. The topological polar surface area (TPSA) is 162 Å². The number of imide groups is 1. The number of hydrogen-bond donors (Lipinski definition) is 1. The summed E-state index contributed by atoms with van der Waals surface area (Å²) < 4.78 is 5.59. The van der Waals surface area contributed by atoms with Crippen molar-refractivity contribution in [1.29, 1.82) is 0 Å². The number of carbonyl (C=O) groups excluding carboxylic acids is 3. The van der Waals surface area contributed by atoms with E-state index < -0.39 is 44.8 Å². The minimum absolute atomic E-state index is 0.0818. The van der Waals surface area contributed by atoms with E-state index in [0.717, 1.165) is 34.2 Å². The van der Waals surface area contributed by atoms with Gasteiger partial charge in [-0.25, -0.2) is 0 Å². The van der Waals surface area contributed by atoms with E-state index in [0.29, 0.717) is 23.0 Å². The van der Waals surface area contributed by atoms with Gasteiger partial charge in [0.15, 0.2) is 0 Å². The Balaban J connectivity index is 1.50. The molecule has 1 saturated heterocycles. The Hall–Kier alpha value is -5.04. The number of non-ortho nitro benzene ring substituents is 1. The van der Waals surface area contributed by atoms with E-state index in [-0.39, 0.29) is 16.4 Å². The van der Waals surface area contributed by atoms with E-state index >= 15 is 0 Å². The number of carbonyl (C=O) groups is 3. The zero-order valence-electron chi connectivity index (χ0n) is 20.6. The fourth-order valence-electron chi connectivity index (χ4n) is 3.76. The van der Waals surface area contributed by atoms with Gasteiger partial charge in [0.2, 0.25) is 11.7 Å². The molecule has 1 heterocycles. The van der Waals surface area contributed by atoms with Gasteiger partial charge in [-0.1, -0.05) is 30.3 Å². The first kappa shape index (κ1) is 27.0. The zero-order valence-corrected chi connectivity index (χ0v) is 21.4. The van der Waals surface area contributed by atoms with E-state index in [9.17, 15) is 34.6 Å². The smallest absolute Gasteiger partial charge is 0.318 e. The first-order chi connectivity index (χ1) is 18.5. The summed E-state index contributed by atoms with van der Waals surface area (Å²) in [5, 5.41) is 24.5. The summed E-state index contributed by atoms with van der Waals surface area (Å²) >= 11 is 0.676. The second-order valence-corrected chi connectivity index (χ2v) is 9.42. The third-order valence-electron chi connectivity index (χ3n) is 5.65. The van der Waals surface area contributed by atoms with Crippen LogP contribution in [0.4, 0.5) is 21.9 Å². The van der Waals surface area contributed by atoms with Gasteiger partial charge in [-0.3, -0.25) is 39.5 Å². The maximum Gasteiger partial charge on any atom is 0.318 e. The molecular weight excluding hydrogens is 528 g/mol. The fourth-order valence-corrected chi connectivity index (χ4v) is 4.60. The fraction of sp³-hybridized carbons (Fsp3) is 0.115. The second kappa shape index (κ2) is 11.1. The lowest BCUT2D eigenvalue weighted by Gasteiger charge is -2.15. The Labute approximate surface area is 225 Å². The van der Waals surface area contributed by atoms with E-state index in [2.05, 4.69) is 5.32 Å². The van der Waals surface area contributed by atoms with Gasteiger partial charge < -0.3 is 10.1 Å². The van der Waals surface area contributed by atoms with Gasteiger partial charge in [0.25, 0.3) is 16.8 Å². The van der Waals surface area contributed by atoms with Crippen LogP contribution in [0.15, 0.2) is 65.6 Å². The van der Waals surface area contributed by atoms with Crippen molar-refractivity contribution < 1.29 is 29.0 Å². The van der Waals surface area contributed by atoms with Crippen molar-refractivity contribution in [2.24, 2.45) is 0 Å². The van der Waals surface area contributed by atoms with Gasteiger partial charge in [0.05, 0.1) is 20.8 Å².